The van der Waals surface area contributed by atoms with Crippen LogP contribution in [0.3, 0.4) is 0 Å². The van der Waals surface area contributed by atoms with Crippen LogP contribution in [0.15, 0.2) is 46.6 Å². The largest absolute Gasteiger partial charge is 0.496 e. The molecule has 3 aromatic heterocycles. The lowest BCUT2D eigenvalue weighted by Gasteiger charge is -2.03. The molecule has 0 bridgehead atoms. The van der Waals surface area contributed by atoms with Crippen molar-refractivity contribution >= 4 is 33.7 Å². The van der Waals surface area contributed by atoms with Gasteiger partial charge in [-0.05, 0) is 29.7 Å². The second-order valence-corrected chi connectivity index (χ2v) is 6.75. The van der Waals surface area contributed by atoms with Gasteiger partial charge in [0.25, 0.3) is 5.56 Å². The Labute approximate surface area is 139 Å². The van der Waals surface area contributed by atoms with Gasteiger partial charge in [0.1, 0.15) is 5.75 Å². The van der Waals surface area contributed by atoms with Gasteiger partial charge in [-0.2, -0.15) is 9.50 Å². The van der Waals surface area contributed by atoms with Crippen LogP contribution in [0.1, 0.15) is 4.88 Å². The number of benzene rings is 1. The van der Waals surface area contributed by atoms with Crippen molar-refractivity contribution in [2.45, 2.75) is 0 Å². The number of hydrogen-bond acceptors (Lipinski definition) is 6. The zero-order valence-corrected chi connectivity index (χ0v) is 13.7. The summed E-state index contributed by atoms with van der Waals surface area (Å²) in [4.78, 5) is 18.6. The van der Waals surface area contributed by atoms with E-state index in [1.807, 2.05) is 47.9 Å². The summed E-state index contributed by atoms with van der Waals surface area (Å²) in [6.07, 6.45) is 1.87. The average Bonchev–Trinajstić information content (AvgIpc) is 3.28. The first-order valence-electron chi connectivity index (χ1n) is 6.84. The van der Waals surface area contributed by atoms with Gasteiger partial charge in [-0.1, -0.05) is 29.5 Å². The lowest BCUT2D eigenvalue weighted by atomic mass is 10.2. The van der Waals surface area contributed by atoms with Gasteiger partial charge in [-0.3, -0.25) is 4.79 Å². The summed E-state index contributed by atoms with van der Waals surface area (Å²) >= 11 is 2.93. The minimum absolute atomic E-state index is 0.146. The predicted octanol–water partition coefficient (Wildman–Crippen LogP) is 2.44. The summed E-state index contributed by atoms with van der Waals surface area (Å²) in [5.74, 6) is 1.18. The molecule has 0 fully saturated rings. The van der Waals surface area contributed by atoms with Gasteiger partial charge in [0.2, 0.25) is 4.96 Å². The lowest BCUT2D eigenvalue weighted by molar-refractivity contribution is 0.416. The third kappa shape index (κ3) is 2.43. The summed E-state index contributed by atoms with van der Waals surface area (Å²) in [5.41, 5.74) is 0.626. The number of methoxy groups -OCH3 is 1. The Hall–Kier alpha value is -2.51. The number of rotatable bonds is 3. The lowest BCUT2D eigenvalue weighted by Crippen LogP contribution is -2.23. The first-order valence-corrected chi connectivity index (χ1v) is 8.54. The average molecular weight is 341 g/mol. The van der Waals surface area contributed by atoms with Crippen LogP contribution in [0.4, 0.5) is 0 Å². The SMILES string of the molecule is COc1ccccc1-c1nc2sc(=Cc3cccs3)c(=O)n2n1. The van der Waals surface area contributed by atoms with Crippen molar-refractivity contribution in [2.24, 2.45) is 0 Å². The number of thiophene rings is 1. The number of fused-ring (bicyclic) bond motifs is 1. The van der Waals surface area contributed by atoms with Crippen LogP contribution < -0.4 is 14.8 Å². The van der Waals surface area contributed by atoms with Crippen molar-refractivity contribution in [3.05, 3.63) is 61.5 Å². The van der Waals surface area contributed by atoms with Crippen LogP contribution in [0.5, 0.6) is 5.75 Å². The summed E-state index contributed by atoms with van der Waals surface area (Å²) < 4.78 is 7.31. The molecule has 0 saturated heterocycles. The number of nitrogens with zero attached hydrogens (tertiary/aromatic N) is 3. The van der Waals surface area contributed by atoms with E-state index in [-0.39, 0.29) is 5.56 Å². The Morgan fingerprint density at radius 2 is 2.09 bits per heavy atom. The third-order valence-electron chi connectivity index (χ3n) is 3.35. The highest BCUT2D eigenvalue weighted by Crippen LogP contribution is 2.27. The van der Waals surface area contributed by atoms with Crippen LogP contribution >= 0.6 is 22.7 Å². The van der Waals surface area contributed by atoms with Gasteiger partial charge in [-0.15, -0.1) is 16.4 Å². The molecule has 4 rings (SSSR count). The number of para-hydroxylation sites is 1. The Bertz CT molecular complexity index is 1080. The van der Waals surface area contributed by atoms with Gasteiger partial charge in [0.15, 0.2) is 5.82 Å². The Morgan fingerprint density at radius 3 is 2.83 bits per heavy atom. The first kappa shape index (κ1) is 14.1. The van der Waals surface area contributed by atoms with Gasteiger partial charge >= 0.3 is 0 Å². The Morgan fingerprint density at radius 1 is 1.22 bits per heavy atom. The van der Waals surface area contributed by atoms with Crippen LogP contribution in [-0.2, 0) is 0 Å². The van der Waals surface area contributed by atoms with Crippen molar-refractivity contribution in [3.8, 4) is 17.1 Å². The maximum atomic E-state index is 12.5. The van der Waals surface area contributed by atoms with E-state index in [9.17, 15) is 4.79 Å². The molecular weight excluding hydrogens is 330 g/mol. The van der Waals surface area contributed by atoms with E-state index >= 15 is 0 Å². The van der Waals surface area contributed by atoms with E-state index in [0.717, 1.165) is 10.4 Å². The molecule has 0 saturated carbocycles. The van der Waals surface area contributed by atoms with E-state index in [0.29, 0.717) is 21.1 Å². The topological polar surface area (TPSA) is 56.5 Å². The highest BCUT2D eigenvalue weighted by atomic mass is 32.1. The molecule has 7 heteroatoms. The molecule has 0 aliphatic heterocycles. The quantitative estimate of drug-likeness (QED) is 0.574. The second kappa shape index (κ2) is 5.60. The number of hydrogen-bond donors (Lipinski definition) is 0. The summed E-state index contributed by atoms with van der Waals surface area (Å²) in [6, 6.07) is 11.4. The van der Waals surface area contributed by atoms with Gasteiger partial charge in [-0.25, -0.2) is 0 Å². The molecule has 3 heterocycles. The molecular formula is C16H11N3O2S2. The fourth-order valence-corrected chi connectivity index (χ4v) is 3.91. The van der Waals surface area contributed by atoms with Crippen LogP contribution in [0, 0.1) is 0 Å². The van der Waals surface area contributed by atoms with Crippen LogP contribution in [-0.4, -0.2) is 21.7 Å². The molecule has 0 unspecified atom stereocenters. The molecule has 5 nitrogen and oxygen atoms in total. The van der Waals surface area contributed by atoms with Crippen molar-refractivity contribution < 1.29 is 4.74 Å². The van der Waals surface area contributed by atoms with E-state index in [4.69, 9.17) is 4.74 Å². The predicted molar refractivity (Wildman–Crippen MR) is 92.2 cm³/mol. The number of ether oxygens (including phenoxy) is 1. The van der Waals surface area contributed by atoms with Crippen molar-refractivity contribution in [3.63, 3.8) is 0 Å². The number of thiazole rings is 1. The molecule has 0 aliphatic rings. The summed E-state index contributed by atoms with van der Waals surface area (Å²) in [6.45, 7) is 0. The molecule has 0 amide bonds. The fourth-order valence-electron chi connectivity index (χ4n) is 2.28. The Balaban J connectivity index is 1.86. The monoisotopic (exact) mass is 341 g/mol. The minimum atomic E-state index is -0.146. The standard InChI is InChI=1S/C16H11N3O2S2/c1-21-12-7-3-2-6-11(12)14-17-16-19(18-14)15(20)13(23-16)9-10-5-4-8-22-10/h2-9H,1H3. The maximum absolute atomic E-state index is 12.5. The van der Waals surface area contributed by atoms with E-state index in [1.165, 1.54) is 15.9 Å². The molecule has 0 radical (unpaired) electrons. The van der Waals surface area contributed by atoms with Gasteiger partial charge < -0.3 is 4.74 Å². The highest BCUT2D eigenvalue weighted by molar-refractivity contribution is 7.15. The van der Waals surface area contributed by atoms with Crippen LogP contribution in [0.25, 0.3) is 22.4 Å². The van der Waals surface area contributed by atoms with Crippen molar-refractivity contribution in [1.82, 2.24) is 14.6 Å². The zero-order valence-electron chi connectivity index (χ0n) is 12.1. The first-order chi connectivity index (χ1) is 11.3. The molecule has 1 aromatic carbocycles. The molecule has 114 valence electrons. The normalized spacial score (nSPS) is 12.1. The van der Waals surface area contributed by atoms with Gasteiger partial charge in [0, 0.05) is 4.88 Å². The third-order valence-corrected chi connectivity index (χ3v) is 5.12. The Kier molecular flexibility index (Phi) is 3.44. The van der Waals surface area contributed by atoms with E-state index < -0.39 is 0 Å². The van der Waals surface area contributed by atoms with Gasteiger partial charge in [0.05, 0.1) is 17.2 Å². The molecule has 23 heavy (non-hydrogen) atoms. The minimum Gasteiger partial charge on any atom is -0.496 e. The summed E-state index contributed by atoms with van der Waals surface area (Å²) in [7, 11) is 1.60. The summed E-state index contributed by atoms with van der Waals surface area (Å²) in [5, 5.41) is 6.33. The van der Waals surface area contributed by atoms with Crippen molar-refractivity contribution in [2.75, 3.05) is 7.11 Å². The van der Waals surface area contributed by atoms with Crippen molar-refractivity contribution in [1.29, 1.82) is 0 Å². The van der Waals surface area contributed by atoms with E-state index in [1.54, 1.807) is 18.4 Å². The molecule has 0 N–H and O–H groups in total. The molecule has 0 aliphatic carbocycles. The second-order valence-electron chi connectivity index (χ2n) is 4.76. The van der Waals surface area contributed by atoms with E-state index in [2.05, 4.69) is 10.1 Å². The molecule has 4 aromatic rings. The highest BCUT2D eigenvalue weighted by Gasteiger charge is 2.14. The molecule has 0 atom stereocenters. The maximum Gasteiger partial charge on any atom is 0.291 e. The smallest absolute Gasteiger partial charge is 0.291 e. The van der Waals surface area contributed by atoms with Crippen LogP contribution in [0.2, 0.25) is 0 Å². The zero-order chi connectivity index (χ0) is 15.8. The number of aromatic nitrogens is 3. The fraction of sp³-hybridized carbons (Fsp3) is 0.0625. The molecule has 0 spiro atoms.